The predicted molar refractivity (Wildman–Crippen MR) is 104 cm³/mol. The van der Waals surface area contributed by atoms with E-state index >= 15 is 0 Å². The Bertz CT molecular complexity index is 678. The van der Waals surface area contributed by atoms with Gasteiger partial charge in [-0.1, -0.05) is 47.0 Å². The van der Waals surface area contributed by atoms with E-state index in [0.29, 0.717) is 5.56 Å². The monoisotopic (exact) mass is 404 g/mol. The Labute approximate surface area is 156 Å². The van der Waals surface area contributed by atoms with Gasteiger partial charge in [0.05, 0.1) is 6.61 Å². The summed E-state index contributed by atoms with van der Waals surface area (Å²) in [4.78, 5) is 12.0. The van der Waals surface area contributed by atoms with Crippen LogP contribution in [-0.2, 0) is 0 Å². The van der Waals surface area contributed by atoms with Gasteiger partial charge < -0.3 is 4.74 Å². The normalized spacial score (nSPS) is 11.0. The first kappa shape index (κ1) is 19.4. The van der Waals surface area contributed by atoms with E-state index in [0.717, 1.165) is 29.7 Å². The summed E-state index contributed by atoms with van der Waals surface area (Å²) in [7, 11) is 0. The zero-order valence-corrected chi connectivity index (χ0v) is 15.7. The molecular weight excluding hydrogens is 383 g/mol. The summed E-state index contributed by atoms with van der Waals surface area (Å²) in [5.74, 6) is 0.338. The van der Waals surface area contributed by atoms with Crippen molar-refractivity contribution in [3.05, 3.63) is 71.6 Å². The van der Waals surface area contributed by atoms with Gasteiger partial charge >= 0.3 is 0 Å². The van der Waals surface area contributed by atoms with Gasteiger partial charge in [-0.05, 0) is 60.9 Å². The molecule has 0 bridgehead atoms. The molecule has 25 heavy (non-hydrogen) atoms. The van der Waals surface area contributed by atoms with Gasteiger partial charge in [-0.3, -0.25) is 4.79 Å². The highest BCUT2D eigenvalue weighted by Gasteiger charge is 2.01. The average molecular weight is 405 g/mol. The van der Waals surface area contributed by atoms with E-state index in [4.69, 9.17) is 4.74 Å². The molecule has 0 aromatic heterocycles. The zero-order chi connectivity index (χ0) is 17.9. The first-order valence-corrected chi connectivity index (χ1v) is 9.58. The molecule has 0 atom stereocenters. The Morgan fingerprint density at radius 2 is 1.64 bits per heavy atom. The van der Waals surface area contributed by atoms with Crippen LogP contribution in [0.4, 0.5) is 4.39 Å². The van der Waals surface area contributed by atoms with Crippen LogP contribution in [0.5, 0.6) is 5.75 Å². The standard InChI is InChI=1S/C21H22BrFO2/c22-15-3-1-2-4-16-25-20-12-5-17(6-13-20)7-14-21(24)18-8-10-19(23)11-9-18/h5-14H,1-4,15-16H2. The quantitative estimate of drug-likeness (QED) is 0.208. The third-order valence-corrected chi connectivity index (χ3v) is 4.29. The minimum absolute atomic E-state index is 0.149. The lowest BCUT2D eigenvalue weighted by Gasteiger charge is -2.06. The summed E-state index contributed by atoms with van der Waals surface area (Å²) in [6, 6.07) is 13.2. The Balaban J connectivity index is 1.79. The number of halogens is 2. The van der Waals surface area contributed by atoms with Crippen LogP contribution in [0, 0.1) is 5.82 Å². The van der Waals surface area contributed by atoms with Crippen molar-refractivity contribution in [2.75, 3.05) is 11.9 Å². The van der Waals surface area contributed by atoms with Crippen molar-refractivity contribution in [2.45, 2.75) is 25.7 Å². The van der Waals surface area contributed by atoms with Crippen molar-refractivity contribution < 1.29 is 13.9 Å². The van der Waals surface area contributed by atoms with E-state index in [1.807, 2.05) is 24.3 Å². The number of allylic oxidation sites excluding steroid dienone is 1. The second kappa shape index (κ2) is 10.8. The van der Waals surface area contributed by atoms with Crippen molar-refractivity contribution in [3.63, 3.8) is 0 Å². The average Bonchev–Trinajstić information content (AvgIpc) is 2.64. The Kier molecular flexibility index (Phi) is 8.40. The van der Waals surface area contributed by atoms with E-state index in [1.54, 1.807) is 6.08 Å². The van der Waals surface area contributed by atoms with E-state index in [1.165, 1.54) is 49.6 Å². The fourth-order valence-corrected chi connectivity index (χ4v) is 2.69. The maximum absolute atomic E-state index is 12.9. The minimum Gasteiger partial charge on any atom is -0.494 e. The summed E-state index contributed by atoms with van der Waals surface area (Å²) in [6.07, 6.45) is 7.90. The molecule has 2 rings (SSSR count). The van der Waals surface area contributed by atoms with Crippen LogP contribution in [0.1, 0.15) is 41.6 Å². The Morgan fingerprint density at radius 1 is 0.960 bits per heavy atom. The molecule has 0 aliphatic carbocycles. The number of ketones is 1. The molecule has 0 heterocycles. The molecule has 0 saturated carbocycles. The second-order valence-corrected chi connectivity index (χ2v) is 6.52. The molecule has 0 unspecified atom stereocenters. The molecule has 132 valence electrons. The molecule has 0 amide bonds. The maximum atomic E-state index is 12.9. The summed E-state index contributed by atoms with van der Waals surface area (Å²) in [6.45, 7) is 0.723. The Hall–Kier alpha value is -1.94. The zero-order valence-electron chi connectivity index (χ0n) is 14.1. The summed E-state index contributed by atoms with van der Waals surface area (Å²) in [5.41, 5.74) is 1.39. The number of hydrogen-bond acceptors (Lipinski definition) is 2. The number of carbonyl (C=O) groups is 1. The number of rotatable bonds is 10. The van der Waals surface area contributed by atoms with Gasteiger partial charge in [0.2, 0.25) is 0 Å². The van der Waals surface area contributed by atoms with Gasteiger partial charge in [-0.25, -0.2) is 4.39 Å². The van der Waals surface area contributed by atoms with E-state index in [2.05, 4.69) is 15.9 Å². The van der Waals surface area contributed by atoms with Crippen LogP contribution >= 0.6 is 15.9 Å². The van der Waals surface area contributed by atoms with Crippen LogP contribution in [0.2, 0.25) is 0 Å². The summed E-state index contributed by atoms with van der Waals surface area (Å²) >= 11 is 3.43. The molecule has 0 spiro atoms. The fraction of sp³-hybridized carbons (Fsp3) is 0.286. The van der Waals surface area contributed by atoms with E-state index < -0.39 is 0 Å². The maximum Gasteiger partial charge on any atom is 0.185 e. The van der Waals surface area contributed by atoms with Crippen molar-refractivity contribution in [3.8, 4) is 5.75 Å². The molecule has 0 fully saturated rings. The van der Waals surface area contributed by atoms with Crippen molar-refractivity contribution >= 4 is 27.8 Å². The molecule has 0 aliphatic rings. The smallest absolute Gasteiger partial charge is 0.185 e. The van der Waals surface area contributed by atoms with E-state index in [-0.39, 0.29) is 11.6 Å². The van der Waals surface area contributed by atoms with Gasteiger partial charge in [0, 0.05) is 10.9 Å². The number of benzene rings is 2. The number of carbonyl (C=O) groups excluding carboxylic acids is 1. The first-order valence-electron chi connectivity index (χ1n) is 8.46. The minimum atomic E-state index is -0.348. The lowest BCUT2D eigenvalue weighted by Crippen LogP contribution is -1.97. The number of hydrogen-bond donors (Lipinski definition) is 0. The first-order chi connectivity index (χ1) is 12.2. The van der Waals surface area contributed by atoms with Crippen LogP contribution < -0.4 is 4.74 Å². The van der Waals surface area contributed by atoms with Crippen molar-refractivity contribution in [1.82, 2.24) is 0 Å². The van der Waals surface area contributed by atoms with Crippen LogP contribution in [-0.4, -0.2) is 17.7 Å². The van der Waals surface area contributed by atoms with Gasteiger partial charge in [0.15, 0.2) is 5.78 Å². The SMILES string of the molecule is O=C(C=Cc1ccc(OCCCCCCBr)cc1)c1ccc(F)cc1. The van der Waals surface area contributed by atoms with E-state index in [9.17, 15) is 9.18 Å². The third-order valence-electron chi connectivity index (χ3n) is 3.73. The highest BCUT2D eigenvalue weighted by atomic mass is 79.9. The van der Waals surface area contributed by atoms with Gasteiger partial charge in [-0.2, -0.15) is 0 Å². The van der Waals surface area contributed by atoms with Crippen LogP contribution in [0.15, 0.2) is 54.6 Å². The topological polar surface area (TPSA) is 26.3 Å². The molecule has 2 aromatic carbocycles. The molecule has 4 heteroatoms. The van der Waals surface area contributed by atoms with Gasteiger partial charge in [0.25, 0.3) is 0 Å². The largest absolute Gasteiger partial charge is 0.494 e. The highest BCUT2D eigenvalue weighted by Crippen LogP contribution is 2.15. The second-order valence-electron chi connectivity index (χ2n) is 5.73. The molecule has 0 N–H and O–H groups in total. The number of unbranched alkanes of at least 4 members (excludes halogenated alkanes) is 3. The molecule has 0 saturated heterocycles. The lowest BCUT2D eigenvalue weighted by molar-refractivity contribution is 0.104. The number of ether oxygens (including phenoxy) is 1. The number of alkyl halides is 1. The molecule has 0 radical (unpaired) electrons. The van der Waals surface area contributed by atoms with Gasteiger partial charge in [-0.15, -0.1) is 0 Å². The van der Waals surface area contributed by atoms with Crippen molar-refractivity contribution in [2.24, 2.45) is 0 Å². The lowest BCUT2D eigenvalue weighted by atomic mass is 10.1. The molecule has 0 aliphatic heterocycles. The summed E-state index contributed by atoms with van der Waals surface area (Å²) < 4.78 is 18.6. The Morgan fingerprint density at radius 3 is 2.32 bits per heavy atom. The van der Waals surface area contributed by atoms with Crippen molar-refractivity contribution in [1.29, 1.82) is 0 Å². The molecule has 2 nitrogen and oxygen atoms in total. The van der Waals surface area contributed by atoms with Gasteiger partial charge in [0.1, 0.15) is 11.6 Å². The summed E-state index contributed by atoms with van der Waals surface area (Å²) in [5, 5.41) is 1.06. The molecular formula is C21H22BrFO2. The molecule has 2 aromatic rings. The predicted octanol–water partition coefficient (Wildman–Crippen LogP) is 6.06. The third kappa shape index (κ3) is 7.22. The van der Waals surface area contributed by atoms with Crippen LogP contribution in [0.3, 0.4) is 0 Å². The highest BCUT2D eigenvalue weighted by molar-refractivity contribution is 9.09. The van der Waals surface area contributed by atoms with Crippen LogP contribution in [0.25, 0.3) is 6.08 Å². The fourth-order valence-electron chi connectivity index (χ4n) is 2.30.